The summed E-state index contributed by atoms with van der Waals surface area (Å²) < 4.78 is 14.0. The lowest BCUT2D eigenvalue weighted by Crippen LogP contribution is -2.34. The molecule has 0 atom stereocenters. The second kappa shape index (κ2) is 13.5. The van der Waals surface area contributed by atoms with Crippen LogP contribution in [0.2, 0.25) is 0 Å². The molecular formula is C29H35N4O6+. The smallest absolute Gasteiger partial charge is 0.370 e. The number of rotatable bonds is 15. The third-order valence-corrected chi connectivity index (χ3v) is 6.48. The van der Waals surface area contributed by atoms with Crippen LogP contribution in [0.25, 0.3) is 29.5 Å². The second-order valence-electron chi connectivity index (χ2n) is 9.51. The van der Waals surface area contributed by atoms with E-state index in [0.717, 1.165) is 62.2 Å². The standard InChI is InChI=1S/C29H34N4O6/c1-2-21(19-24-30-28-22(38-24)11-9-17-32(28)15-7-3-5-13-26(34)35)20-25-31-29-23(39-25)12-10-18-33(29)16-8-4-6-14-27(36)37/h9-12,17-20H,2-8,13-16H2,1H3,(H-,34,35,36,37)/p+1. The first-order chi connectivity index (χ1) is 18.9. The van der Waals surface area contributed by atoms with Crippen LogP contribution in [-0.2, 0) is 16.1 Å². The Hall–Kier alpha value is -4.21. The van der Waals surface area contributed by atoms with E-state index >= 15 is 0 Å². The van der Waals surface area contributed by atoms with Crippen molar-refractivity contribution < 1.29 is 33.2 Å². The summed E-state index contributed by atoms with van der Waals surface area (Å²) in [5.74, 6) is -0.272. The molecule has 1 aliphatic heterocycles. The molecule has 1 aliphatic rings. The van der Waals surface area contributed by atoms with E-state index in [-0.39, 0.29) is 12.8 Å². The normalized spacial score (nSPS) is 13.6. The number of oxazole rings is 2. The van der Waals surface area contributed by atoms with Crippen molar-refractivity contribution in [3.8, 4) is 0 Å². The molecule has 0 aliphatic carbocycles. The molecule has 0 unspecified atom stereocenters. The van der Waals surface area contributed by atoms with Gasteiger partial charge in [0.1, 0.15) is 0 Å². The molecule has 0 radical (unpaired) electrons. The average Bonchev–Trinajstić information content (AvgIpc) is 3.51. The van der Waals surface area contributed by atoms with Gasteiger partial charge in [0.15, 0.2) is 11.2 Å². The van der Waals surface area contributed by atoms with E-state index in [0.29, 0.717) is 35.3 Å². The van der Waals surface area contributed by atoms with Crippen LogP contribution >= 0.6 is 0 Å². The summed E-state index contributed by atoms with van der Waals surface area (Å²) in [4.78, 5) is 32.9. The van der Waals surface area contributed by atoms with Gasteiger partial charge in [-0.05, 0) is 68.4 Å². The van der Waals surface area contributed by atoms with E-state index in [1.165, 1.54) is 0 Å². The number of anilines is 1. The van der Waals surface area contributed by atoms with Gasteiger partial charge in [-0.15, -0.1) is 0 Å². The van der Waals surface area contributed by atoms with E-state index in [2.05, 4.69) is 0 Å². The number of carboxylic acid groups (broad SMARTS) is 2. The van der Waals surface area contributed by atoms with E-state index in [1.54, 1.807) is 0 Å². The predicted molar refractivity (Wildman–Crippen MR) is 146 cm³/mol. The Labute approximate surface area is 226 Å². The van der Waals surface area contributed by atoms with E-state index < -0.39 is 11.9 Å². The number of hydrogen-bond acceptors (Lipinski definition) is 7. The monoisotopic (exact) mass is 535 g/mol. The van der Waals surface area contributed by atoms with Crippen molar-refractivity contribution in [3.63, 3.8) is 0 Å². The van der Waals surface area contributed by atoms with Gasteiger partial charge < -0.3 is 23.9 Å². The van der Waals surface area contributed by atoms with Gasteiger partial charge in [0, 0.05) is 42.7 Å². The van der Waals surface area contributed by atoms with Gasteiger partial charge in [-0.1, -0.05) is 13.3 Å². The lowest BCUT2D eigenvalue weighted by Gasteiger charge is -2.18. The minimum Gasteiger partial charge on any atom is -0.481 e. The summed E-state index contributed by atoms with van der Waals surface area (Å²) in [6, 6.07) is 3.81. The molecule has 0 bridgehead atoms. The average molecular weight is 536 g/mol. The van der Waals surface area contributed by atoms with Gasteiger partial charge in [0.2, 0.25) is 11.1 Å². The van der Waals surface area contributed by atoms with Crippen LogP contribution in [0, 0.1) is 0 Å². The van der Waals surface area contributed by atoms with Crippen LogP contribution in [0.3, 0.4) is 0 Å². The maximum Gasteiger partial charge on any atom is 0.370 e. The van der Waals surface area contributed by atoms with E-state index in [4.69, 9.17) is 29.0 Å². The van der Waals surface area contributed by atoms with Crippen molar-refractivity contribution in [2.45, 2.75) is 71.3 Å². The molecule has 4 rings (SSSR count). The van der Waals surface area contributed by atoms with Gasteiger partial charge in [-0.3, -0.25) is 9.59 Å². The zero-order valence-electron chi connectivity index (χ0n) is 22.2. The number of unbranched alkanes of at least 4 members (excludes halogenated alkanes) is 4. The zero-order chi connectivity index (χ0) is 27.6. The third-order valence-electron chi connectivity index (χ3n) is 6.48. The molecule has 0 aromatic carbocycles. The molecule has 0 saturated carbocycles. The Morgan fingerprint density at radius 2 is 1.79 bits per heavy atom. The topological polar surface area (TPSA) is 134 Å². The number of allylic oxidation sites excluding steroid dienone is 2. The molecular weight excluding hydrogens is 500 g/mol. The molecule has 2 N–H and O–H groups in total. The molecule has 0 amide bonds. The van der Waals surface area contributed by atoms with Crippen molar-refractivity contribution in [1.29, 1.82) is 0 Å². The molecule has 4 heterocycles. The lowest BCUT2D eigenvalue weighted by molar-refractivity contribution is -0.673. The maximum atomic E-state index is 10.7. The number of pyridine rings is 1. The number of hydrogen-bond donors (Lipinski definition) is 2. The van der Waals surface area contributed by atoms with Crippen molar-refractivity contribution in [1.82, 2.24) is 9.97 Å². The fourth-order valence-electron chi connectivity index (χ4n) is 4.44. The number of nitrogens with zero attached hydrogens (tertiary/aromatic N) is 4. The quantitative estimate of drug-likeness (QED) is 0.220. The van der Waals surface area contributed by atoms with Crippen LogP contribution in [0.4, 0.5) is 5.82 Å². The minimum atomic E-state index is -0.761. The molecule has 3 aromatic heterocycles. The van der Waals surface area contributed by atoms with Crippen LogP contribution < -0.4 is 20.4 Å². The lowest BCUT2D eigenvalue weighted by atomic mass is 10.2. The summed E-state index contributed by atoms with van der Waals surface area (Å²) in [6.45, 7) is 3.52. The van der Waals surface area contributed by atoms with E-state index in [1.807, 2.05) is 65.2 Å². The predicted octanol–water partition coefficient (Wildman–Crippen LogP) is 3.78. The van der Waals surface area contributed by atoms with Crippen LogP contribution in [0.5, 0.6) is 0 Å². The maximum absolute atomic E-state index is 10.7. The Morgan fingerprint density at radius 3 is 2.54 bits per heavy atom. The first-order valence-corrected chi connectivity index (χ1v) is 13.5. The summed E-state index contributed by atoms with van der Waals surface area (Å²) in [7, 11) is 0. The first-order valence-electron chi connectivity index (χ1n) is 13.5. The number of carboxylic acids is 2. The Bertz CT molecular complexity index is 1480. The highest BCUT2D eigenvalue weighted by Gasteiger charge is 2.18. The van der Waals surface area contributed by atoms with Crippen molar-refractivity contribution in [3.05, 3.63) is 53.0 Å². The molecule has 39 heavy (non-hydrogen) atoms. The highest BCUT2D eigenvalue weighted by molar-refractivity contribution is 5.68. The number of fused-ring (bicyclic) bond motifs is 2. The third kappa shape index (κ3) is 7.89. The molecule has 0 spiro atoms. The number of aliphatic carboxylic acids is 2. The van der Waals surface area contributed by atoms with Crippen LogP contribution in [0.15, 0.2) is 45.0 Å². The molecule has 10 heteroatoms. The molecule has 3 aromatic rings. The minimum absolute atomic E-state index is 0.193. The Morgan fingerprint density at radius 1 is 1.03 bits per heavy atom. The largest absolute Gasteiger partial charge is 0.481 e. The fraction of sp³-hybridized carbons (Fsp3) is 0.414. The highest BCUT2D eigenvalue weighted by atomic mass is 16.4. The Balaban J connectivity index is 1.46. The zero-order valence-corrected chi connectivity index (χ0v) is 22.2. The first kappa shape index (κ1) is 27.8. The highest BCUT2D eigenvalue weighted by Crippen LogP contribution is 2.17. The molecule has 206 valence electrons. The van der Waals surface area contributed by atoms with Crippen LogP contribution in [0.1, 0.15) is 70.6 Å². The van der Waals surface area contributed by atoms with Gasteiger partial charge >= 0.3 is 23.5 Å². The van der Waals surface area contributed by atoms with Gasteiger partial charge in [0.25, 0.3) is 0 Å². The fourth-order valence-corrected chi connectivity index (χ4v) is 4.44. The van der Waals surface area contributed by atoms with E-state index in [9.17, 15) is 9.59 Å². The number of aromatic nitrogens is 3. The summed E-state index contributed by atoms with van der Waals surface area (Å²) in [6.07, 6.45) is 17.4. The summed E-state index contributed by atoms with van der Waals surface area (Å²) in [5, 5.41) is 17.6. The summed E-state index contributed by atoms with van der Waals surface area (Å²) >= 11 is 0. The molecule has 10 nitrogen and oxygen atoms in total. The summed E-state index contributed by atoms with van der Waals surface area (Å²) in [5.41, 5.74) is 3.58. The van der Waals surface area contributed by atoms with Crippen LogP contribution in [-0.4, -0.2) is 38.7 Å². The second-order valence-corrected chi connectivity index (χ2v) is 9.51. The number of carbonyl (C=O) groups is 2. The van der Waals surface area contributed by atoms with Crippen molar-refractivity contribution >= 4 is 47.2 Å². The Kier molecular flexibility index (Phi) is 9.66. The van der Waals surface area contributed by atoms with Gasteiger partial charge in [0.05, 0.1) is 12.7 Å². The van der Waals surface area contributed by atoms with Gasteiger partial charge in [-0.25, -0.2) is 4.57 Å². The SMILES string of the molecule is CCC(/C=c1/nc2c(o1)=CC=CN2CCCCCC(=O)O)=C\c1nc2c(ccc[n+]2CCCCCC(=O)O)o1. The molecule has 0 fully saturated rings. The molecule has 0 saturated heterocycles. The number of aryl methyl sites for hydroxylation is 1. The van der Waals surface area contributed by atoms with Crippen molar-refractivity contribution in [2.75, 3.05) is 11.4 Å². The van der Waals surface area contributed by atoms with Crippen molar-refractivity contribution in [2.24, 2.45) is 0 Å². The van der Waals surface area contributed by atoms with Gasteiger partial charge in [-0.2, -0.15) is 4.98 Å².